The average molecular weight is 180 g/mol. The Morgan fingerprint density at radius 1 is 1.62 bits per heavy atom. The Bertz CT molecular complexity index is 289. The third-order valence-electron chi connectivity index (χ3n) is 1.92. The number of aryl methyl sites for hydroxylation is 1. The van der Waals surface area contributed by atoms with Crippen LogP contribution in [-0.2, 0) is 6.54 Å². The van der Waals surface area contributed by atoms with Crippen molar-refractivity contribution in [2.45, 2.75) is 33.7 Å². The van der Waals surface area contributed by atoms with Gasteiger partial charge in [0.15, 0.2) is 5.82 Å². The Labute approximate surface area is 78.8 Å². The third kappa shape index (κ3) is 2.17. The van der Waals surface area contributed by atoms with Crippen LogP contribution in [0.2, 0.25) is 0 Å². The highest BCUT2D eigenvalue weighted by Crippen LogP contribution is 2.06. The molecule has 0 amide bonds. The van der Waals surface area contributed by atoms with Gasteiger partial charge in [0.2, 0.25) is 5.78 Å². The zero-order valence-corrected chi connectivity index (χ0v) is 8.45. The molecular weight excluding hydrogens is 164 g/mol. The van der Waals surface area contributed by atoms with Crippen molar-refractivity contribution in [1.82, 2.24) is 9.55 Å². The zero-order chi connectivity index (χ0) is 9.84. The van der Waals surface area contributed by atoms with Crippen LogP contribution in [0.25, 0.3) is 0 Å². The normalized spacial score (nSPS) is 10.8. The van der Waals surface area contributed by atoms with Gasteiger partial charge in [0.1, 0.15) is 0 Å². The lowest BCUT2D eigenvalue weighted by molar-refractivity contribution is 0.0924. The molecule has 3 heteroatoms. The Morgan fingerprint density at radius 2 is 2.31 bits per heavy atom. The predicted octanol–water partition coefficient (Wildman–Crippen LogP) is 2.13. The van der Waals surface area contributed by atoms with Gasteiger partial charge in [-0.15, -0.1) is 0 Å². The highest BCUT2D eigenvalue weighted by Gasteiger charge is 2.15. The van der Waals surface area contributed by atoms with Crippen molar-refractivity contribution >= 4 is 5.78 Å². The molecule has 0 aliphatic carbocycles. The highest BCUT2D eigenvalue weighted by atomic mass is 16.1. The molecule has 72 valence electrons. The minimum absolute atomic E-state index is 0.0259. The van der Waals surface area contributed by atoms with Crippen LogP contribution < -0.4 is 0 Å². The quantitative estimate of drug-likeness (QED) is 0.665. The molecule has 0 aliphatic rings. The van der Waals surface area contributed by atoms with Crippen molar-refractivity contribution in [3.63, 3.8) is 0 Å². The fourth-order valence-electron chi connectivity index (χ4n) is 1.21. The first-order chi connectivity index (χ1) is 6.16. The number of imidazole rings is 1. The number of hydrogen-bond donors (Lipinski definition) is 0. The number of carbonyl (C=O) groups excluding carboxylic acids is 1. The Morgan fingerprint density at radius 3 is 2.85 bits per heavy atom. The van der Waals surface area contributed by atoms with Crippen LogP contribution >= 0.6 is 0 Å². The number of ketones is 1. The molecule has 1 rings (SSSR count). The minimum atomic E-state index is 0.0259. The Balaban J connectivity index is 2.87. The number of aromatic nitrogens is 2. The van der Waals surface area contributed by atoms with Gasteiger partial charge in [0.25, 0.3) is 0 Å². The van der Waals surface area contributed by atoms with Crippen LogP contribution in [0.4, 0.5) is 0 Å². The summed E-state index contributed by atoms with van der Waals surface area (Å²) in [5, 5.41) is 0. The molecule has 0 N–H and O–H groups in total. The van der Waals surface area contributed by atoms with E-state index in [1.54, 1.807) is 6.20 Å². The Hall–Kier alpha value is -1.12. The van der Waals surface area contributed by atoms with Crippen molar-refractivity contribution in [2.24, 2.45) is 5.92 Å². The number of Topliss-reactive ketones (excluding diaryl/α,β-unsaturated/α-hetero) is 1. The number of nitrogens with zero attached hydrogens (tertiary/aromatic N) is 2. The second-order valence-corrected chi connectivity index (χ2v) is 3.46. The lowest BCUT2D eigenvalue weighted by atomic mass is 10.1. The van der Waals surface area contributed by atoms with Gasteiger partial charge in [-0.05, 0) is 6.42 Å². The lowest BCUT2D eigenvalue weighted by Gasteiger charge is -2.06. The topological polar surface area (TPSA) is 34.9 Å². The minimum Gasteiger partial charge on any atom is -0.329 e. The molecule has 0 saturated carbocycles. The predicted molar refractivity (Wildman–Crippen MR) is 51.7 cm³/mol. The Kier molecular flexibility index (Phi) is 3.23. The standard InChI is InChI=1S/C10H16N2O/c1-4-6-12-7-5-11-10(12)9(13)8(2)3/h5,7-8H,4,6H2,1-3H3. The molecule has 0 aliphatic heterocycles. The monoisotopic (exact) mass is 180 g/mol. The molecule has 3 nitrogen and oxygen atoms in total. The van der Waals surface area contributed by atoms with Crippen molar-refractivity contribution in [2.75, 3.05) is 0 Å². The summed E-state index contributed by atoms with van der Waals surface area (Å²) in [6.07, 6.45) is 4.57. The SMILES string of the molecule is CCCn1ccnc1C(=O)C(C)C. The summed E-state index contributed by atoms with van der Waals surface area (Å²) in [4.78, 5) is 15.7. The molecule has 1 heterocycles. The number of rotatable bonds is 4. The molecule has 1 aromatic rings. The van der Waals surface area contributed by atoms with Crippen LogP contribution in [-0.4, -0.2) is 15.3 Å². The van der Waals surface area contributed by atoms with E-state index in [9.17, 15) is 4.79 Å². The maximum Gasteiger partial charge on any atom is 0.200 e. The second kappa shape index (κ2) is 4.21. The van der Waals surface area contributed by atoms with Crippen LogP contribution in [0.15, 0.2) is 12.4 Å². The summed E-state index contributed by atoms with van der Waals surface area (Å²) in [5.41, 5.74) is 0. The summed E-state index contributed by atoms with van der Waals surface area (Å²) in [6.45, 7) is 6.75. The van der Waals surface area contributed by atoms with E-state index < -0.39 is 0 Å². The molecule has 0 unspecified atom stereocenters. The summed E-state index contributed by atoms with van der Waals surface area (Å²) in [7, 11) is 0. The lowest BCUT2D eigenvalue weighted by Crippen LogP contribution is -2.15. The molecule has 1 aromatic heterocycles. The summed E-state index contributed by atoms with van der Waals surface area (Å²) < 4.78 is 1.92. The van der Waals surface area contributed by atoms with E-state index in [0.717, 1.165) is 13.0 Å². The first-order valence-electron chi connectivity index (χ1n) is 4.72. The van der Waals surface area contributed by atoms with Gasteiger partial charge in [0.05, 0.1) is 0 Å². The zero-order valence-electron chi connectivity index (χ0n) is 8.45. The van der Waals surface area contributed by atoms with Gasteiger partial charge in [-0.3, -0.25) is 4.79 Å². The van der Waals surface area contributed by atoms with Crippen LogP contribution in [0.3, 0.4) is 0 Å². The maximum absolute atomic E-state index is 11.6. The van der Waals surface area contributed by atoms with Crippen molar-refractivity contribution in [3.05, 3.63) is 18.2 Å². The second-order valence-electron chi connectivity index (χ2n) is 3.46. The van der Waals surface area contributed by atoms with E-state index in [1.165, 1.54) is 0 Å². The average Bonchev–Trinajstić information content (AvgIpc) is 2.52. The fourth-order valence-corrected chi connectivity index (χ4v) is 1.21. The number of carbonyl (C=O) groups is 1. The molecule has 0 saturated heterocycles. The summed E-state index contributed by atoms with van der Waals surface area (Å²) in [5.74, 6) is 0.744. The van der Waals surface area contributed by atoms with Crippen molar-refractivity contribution in [3.8, 4) is 0 Å². The van der Waals surface area contributed by atoms with Crippen LogP contribution in [0.1, 0.15) is 37.8 Å². The molecule has 0 aromatic carbocycles. The van der Waals surface area contributed by atoms with E-state index in [2.05, 4.69) is 11.9 Å². The molecule has 0 spiro atoms. The molecule has 0 fully saturated rings. The third-order valence-corrected chi connectivity index (χ3v) is 1.92. The molecular formula is C10H16N2O. The first-order valence-corrected chi connectivity index (χ1v) is 4.72. The van der Waals surface area contributed by atoms with Crippen molar-refractivity contribution in [1.29, 1.82) is 0 Å². The summed E-state index contributed by atoms with van der Waals surface area (Å²) in [6, 6.07) is 0. The van der Waals surface area contributed by atoms with Crippen molar-refractivity contribution < 1.29 is 4.79 Å². The van der Waals surface area contributed by atoms with Gasteiger partial charge in [-0.25, -0.2) is 4.98 Å². The highest BCUT2D eigenvalue weighted by molar-refractivity contribution is 5.94. The van der Waals surface area contributed by atoms with Gasteiger partial charge >= 0.3 is 0 Å². The van der Waals surface area contributed by atoms with E-state index in [0.29, 0.717) is 5.82 Å². The smallest absolute Gasteiger partial charge is 0.200 e. The van der Waals surface area contributed by atoms with E-state index >= 15 is 0 Å². The first kappa shape index (κ1) is 9.96. The number of hydrogen-bond acceptors (Lipinski definition) is 2. The fraction of sp³-hybridized carbons (Fsp3) is 0.600. The van der Waals surface area contributed by atoms with Gasteiger partial charge in [-0.1, -0.05) is 20.8 Å². The van der Waals surface area contributed by atoms with Crippen LogP contribution in [0.5, 0.6) is 0 Å². The van der Waals surface area contributed by atoms with Gasteiger partial charge in [0, 0.05) is 24.9 Å². The van der Waals surface area contributed by atoms with Gasteiger partial charge < -0.3 is 4.57 Å². The molecule has 0 radical (unpaired) electrons. The molecule has 0 bridgehead atoms. The largest absolute Gasteiger partial charge is 0.329 e. The van der Waals surface area contributed by atoms with E-state index in [1.807, 2.05) is 24.6 Å². The van der Waals surface area contributed by atoms with E-state index in [-0.39, 0.29) is 11.7 Å². The molecule has 13 heavy (non-hydrogen) atoms. The maximum atomic E-state index is 11.6. The van der Waals surface area contributed by atoms with Crippen LogP contribution in [0, 0.1) is 5.92 Å². The molecule has 0 atom stereocenters. The van der Waals surface area contributed by atoms with E-state index in [4.69, 9.17) is 0 Å². The summed E-state index contributed by atoms with van der Waals surface area (Å²) >= 11 is 0. The van der Waals surface area contributed by atoms with Gasteiger partial charge in [-0.2, -0.15) is 0 Å².